The van der Waals surface area contributed by atoms with Gasteiger partial charge in [0.25, 0.3) is 0 Å². The zero-order valence-corrected chi connectivity index (χ0v) is 11.2. The van der Waals surface area contributed by atoms with Crippen LogP contribution in [0.1, 0.15) is 13.3 Å². The number of carboxylic acid groups (broad SMARTS) is 1. The number of aliphatic carboxylic acids is 1. The van der Waals surface area contributed by atoms with Crippen LogP contribution in [0, 0.1) is 5.82 Å². The zero-order valence-electron chi connectivity index (χ0n) is 11.2. The van der Waals surface area contributed by atoms with Gasteiger partial charge in [0.05, 0.1) is 12.5 Å². The van der Waals surface area contributed by atoms with Crippen molar-refractivity contribution in [2.24, 2.45) is 0 Å². The van der Waals surface area contributed by atoms with Gasteiger partial charge in [0.1, 0.15) is 5.82 Å². The third-order valence-electron chi connectivity index (χ3n) is 3.50. The monoisotopic (exact) mass is 266 g/mol. The fourth-order valence-electron chi connectivity index (χ4n) is 2.86. The number of nitrogens with zero attached hydrogens (tertiary/aromatic N) is 2. The Labute approximate surface area is 112 Å². The maximum absolute atomic E-state index is 13.0. The van der Waals surface area contributed by atoms with E-state index in [-0.39, 0.29) is 24.3 Å². The van der Waals surface area contributed by atoms with Crippen LogP contribution < -0.4 is 4.90 Å². The maximum atomic E-state index is 13.0. The average molecular weight is 266 g/mol. The number of hydrogen-bond donors (Lipinski definition) is 1. The fraction of sp³-hybridized carbons (Fsp3) is 0.500. The third-order valence-corrected chi connectivity index (χ3v) is 3.50. The predicted molar refractivity (Wildman–Crippen MR) is 71.9 cm³/mol. The number of benzene rings is 1. The Hall–Kier alpha value is -1.62. The van der Waals surface area contributed by atoms with E-state index in [0.29, 0.717) is 6.54 Å². The Bertz CT molecular complexity index is 449. The van der Waals surface area contributed by atoms with Crippen molar-refractivity contribution < 1.29 is 14.3 Å². The zero-order chi connectivity index (χ0) is 14.0. The van der Waals surface area contributed by atoms with E-state index in [9.17, 15) is 9.18 Å². The van der Waals surface area contributed by atoms with E-state index in [4.69, 9.17) is 5.11 Å². The lowest BCUT2D eigenvalue weighted by atomic mass is 10.0. The first kappa shape index (κ1) is 13.8. The molecule has 19 heavy (non-hydrogen) atoms. The smallest absolute Gasteiger partial charge is 0.305 e. The van der Waals surface area contributed by atoms with E-state index in [1.165, 1.54) is 12.1 Å². The van der Waals surface area contributed by atoms with Crippen molar-refractivity contribution in [3.05, 3.63) is 30.1 Å². The molecule has 0 radical (unpaired) electrons. The van der Waals surface area contributed by atoms with E-state index in [2.05, 4.69) is 16.7 Å². The van der Waals surface area contributed by atoms with Crippen LogP contribution in [0.15, 0.2) is 24.3 Å². The van der Waals surface area contributed by atoms with Crippen LogP contribution in [0.3, 0.4) is 0 Å². The molecule has 0 amide bonds. The summed E-state index contributed by atoms with van der Waals surface area (Å²) >= 11 is 0. The minimum Gasteiger partial charge on any atom is -0.481 e. The molecule has 104 valence electrons. The molecule has 2 unspecified atom stereocenters. The van der Waals surface area contributed by atoms with Crippen LogP contribution in [0.25, 0.3) is 0 Å². The highest BCUT2D eigenvalue weighted by atomic mass is 19.1. The van der Waals surface area contributed by atoms with Crippen LogP contribution in [-0.2, 0) is 4.79 Å². The number of piperazine rings is 1. The quantitative estimate of drug-likeness (QED) is 0.906. The Morgan fingerprint density at radius 3 is 2.58 bits per heavy atom. The summed E-state index contributed by atoms with van der Waals surface area (Å²) in [7, 11) is 1.99. The normalized spacial score (nSPS) is 24.5. The molecule has 1 aliphatic heterocycles. The minimum absolute atomic E-state index is 0.0864. The van der Waals surface area contributed by atoms with Gasteiger partial charge in [-0.3, -0.25) is 4.79 Å². The predicted octanol–water partition coefficient (Wildman–Crippen LogP) is 1.81. The molecule has 2 atom stereocenters. The molecule has 5 heteroatoms. The number of likely N-dealkylation sites (N-methyl/N-ethyl adjacent to an activating group) is 1. The van der Waals surface area contributed by atoms with Crippen molar-refractivity contribution >= 4 is 11.7 Å². The van der Waals surface area contributed by atoms with Gasteiger partial charge in [0.15, 0.2) is 0 Å². The highest BCUT2D eigenvalue weighted by molar-refractivity contribution is 5.69. The summed E-state index contributed by atoms with van der Waals surface area (Å²) in [4.78, 5) is 15.2. The van der Waals surface area contributed by atoms with E-state index in [1.807, 2.05) is 7.05 Å². The lowest BCUT2D eigenvalue weighted by Gasteiger charge is -2.45. The second-order valence-electron chi connectivity index (χ2n) is 5.21. The molecule has 2 rings (SSSR count). The SMILES string of the molecule is CC1CN(C)CC(CC(=O)O)N1c1ccc(F)cc1. The molecule has 1 fully saturated rings. The lowest BCUT2D eigenvalue weighted by Crippen LogP contribution is -2.57. The summed E-state index contributed by atoms with van der Waals surface area (Å²) in [6.07, 6.45) is 0.0893. The van der Waals surface area contributed by atoms with Crippen molar-refractivity contribution in [1.82, 2.24) is 4.90 Å². The summed E-state index contributed by atoms with van der Waals surface area (Å²) in [6.45, 7) is 3.63. The van der Waals surface area contributed by atoms with Crippen molar-refractivity contribution in [3.63, 3.8) is 0 Å². The summed E-state index contributed by atoms with van der Waals surface area (Å²) < 4.78 is 13.0. The molecule has 1 aromatic rings. The first-order chi connectivity index (χ1) is 8.97. The Morgan fingerprint density at radius 1 is 1.37 bits per heavy atom. The molecule has 0 bridgehead atoms. The van der Waals surface area contributed by atoms with Crippen LogP contribution in [-0.4, -0.2) is 48.2 Å². The first-order valence-corrected chi connectivity index (χ1v) is 6.41. The Morgan fingerprint density at radius 2 is 2.00 bits per heavy atom. The molecule has 1 saturated heterocycles. The van der Waals surface area contributed by atoms with Crippen LogP contribution in [0.2, 0.25) is 0 Å². The molecular weight excluding hydrogens is 247 g/mol. The van der Waals surface area contributed by atoms with Crippen molar-refractivity contribution in [2.45, 2.75) is 25.4 Å². The van der Waals surface area contributed by atoms with Crippen molar-refractivity contribution in [1.29, 1.82) is 0 Å². The molecule has 0 spiro atoms. The molecule has 0 saturated carbocycles. The fourth-order valence-corrected chi connectivity index (χ4v) is 2.86. The highest BCUT2D eigenvalue weighted by Crippen LogP contribution is 2.26. The molecule has 1 N–H and O–H groups in total. The van der Waals surface area contributed by atoms with E-state index < -0.39 is 5.97 Å². The van der Waals surface area contributed by atoms with Gasteiger partial charge in [-0.05, 0) is 38.2 Å². The first-order valence-electron chi connectivity index (χ1n) is 6.41. The van der Waals surface area contributed by atoms with Gasteiger partial charge in [-0.1, -0.05) is 0 Å². The van der Waals surface area contributed by atoms with Gasteiger partial charge >= 0.3 is 5.97 Å². The number of anilines is 1. The van der Waals surface area contributed by atoms with Gasteiger partial charge in [-0.25, -0.2) is 4.39 Å². The molecule has 1 aliphatic rings. The van der Waals surface area contributed by atoms with Gasteiger partial charge in [-0.15, -0.1) is 0 Å². The minimum atomic E-state index is -0.806. The molecule has 4 nitrogen and oxygen atoms in total. The second-order valence-corrected chi connectivity index (χ2v) is 5.21. The summed E-state index contributed by atoms with van der Waals surface area (Å²) in [6, 6.07) is 6.37. The maximum Gasteiger partial charge on any atom is 0.305 e. The van der Waals surface area contributed by atoms with Crippen LogP contribution in [0.4, 0.5) is 10.1 Å². The van der Waals surface area contributed by atoms with E-state index in [0.717, 1.165) is 12.2 Å². The Balaban J connectivity index is 2.26. The van der Waals surface area contributed by atoms with Crippen LogP contribution in [0.5, 0.6) is 0 Å². The van der Waals surface area contributed by atoms with Gasteiger partial charge in [0, 0.05) is 24.8 Å². The van der Waals surface area contributed by atoms with Gasteiger partial charge in [-0.2, -0.15) is 0 Å². The standard InChI is InChI=1S/C14H19FN2O2/c1-10-8-16(2)9-13(7-14(18)19)17(10)12-5-3-11(15)4-6-12/h3-6,10,13H,7-9H2,1-2H3,(H,18,19). The lowest BCUT2D eigenvalue weighted by molar-refractivity contribution is -0.137. The van der Waals surface area contributed by atoms with Crippen molar-refractivity contribution in [3.8, 4) is 0 Å². The molecule has 0 aliphatic carbocycles. The number of rotatable bonds is 3. The molecular formula is C14H19FN2O2. The van der Waals surface area contributed by atoms with Gasteiger partial charge in [0.2, 0.25) is 0 Å². The topological polar surface area (TPSA) is 43.8 Å². The average Bonchev–Trinajstić information content (AvgIpc) is 2.29. The summed E-state index contributed by atoms with van der Waals surface area (Å²) in [5, 5.41) is 9.04. The Kier molecular flexibility index (Phi) is 4.04. The largest absolute Gasteiger partial charge is 0.481 e. The number of hydrogen-bond acceptors (Lipinski definition) is 3. The highest BCUT2D eigenvalue weighted by Gasteiger charge is 2.32. The van der Waals surface area contributed by atoms with Crippen LogP contribution >= 0.6 is 0 Å². The summed E-state index contributed by atoms with van der Waals surface area (Å²) in [5.74, 6) is -1.08. The molecule has 0 aromatic heterocycles. The molecule has 1 aromatic carbocycles. The van der Waals surface area contributed by atoms with E-state index in [1.54, 1.807) is 12.1 Å². The number of carboxylic acids is 1. The molecule has 1 heterocycles. The number of halogens is 1. The van der Waals surface area contributed by atoms with Crippen molar-refractivity contribution in [2.75, 3.05) is 25.0 Å². The second kappa shape index (κ2) is 5.57. The van der Waals surface area contributed by atoms with E-state index >= 15 is 0 Å². The summed E-state index contributed by atoms with van der Waals surface area (Å²) in [5.41, 5.74) is 0.883. The van der Waals surface area contributed by atoms with Gasteiger partial charge < -0.3 is 14.9 Å². The third kappa shape index (κ3) is 3.23. The number of carbonyl (C=O) groups is 1.